The number of aliphatic hydroxyl groups excluding tert-OH is 1. The van der Waals surface area contributed by atoms with Crippen LogP contribution in [0.15, 0.2) is 12.1 Å². The van der Waals surface area contributed by atoms with Crippen molar-refractivity contribution in [1.82, 2.24) is 0 Å². The lowest BCUT2D eigenvalue weighted by molar-refractivity contribution is 0.143. The SMILES string of the molecule is Cc1cc(C)c(OCCC(O)CC#N)cc1C. The summed E-state index contributed by atoms with van der Waals surface area (Å²) >= 11 is 0. The van der Waals surface area contributed by atoms with Crippen LogP contribution in [0, 0.1) is 32.1 Å². The molecule has 0 aromatic heterocycles. The van der Waals surface area contributed by atoms with Crippen molar-refractivity contribution >= 4 is 0 Å². The van der Waals surface area contributed by atoms with Gasteiger partial charge in [0.25, 0.3) is 0 Å². The predicted octanol–water partition coefficient (Wildman–Crippen LogP) is 2.66. The lowest BCUT2D eigenvalue weighted by atomic mass is 10.1. The average Bonchev–Trinajstić information content (AvgIpc) is 2.26. The van der Waals surface area contributed by atoms with Crippen LogP contribution >= 0.6 is 0 Å². The van der Waals surface area contributed by atoms with Gasteiger partial charge in [0.1, 0.15) is 5.75 Å². The largest absolute Gasteiger partial charge is 0.493 e. The fourth-order valence-electron chi connectivity index (χ4n) is 1.60. The second-order valence-corrected chi connectivity index (χ2v) is 4.36. The summed E-state index contributed by atoms with van der Waals surface area (Å²) in [5, 5.41) is 17.8. The van der Waals surface area contributed by atoms with Crippen molar-refractivity contribution in [3.8, 4) is 11.8 Å². The maximum Gasteiger partial charge on any atom is 0.122 e. The van der Waals surface area contributed by atoms with Crippen LogP contribution < -0.4 is 4.74 Å². The number of aliphatic hydroxyl groups is 1. The van der Waals surface area contributed by atoms with Crippen LogP contribution in [-0.4, -0.2) is 17.8 Å². The fourth-order valence-corrected chi connectivity index (χ4v) is 1.60. The van der Waals surface area contributed by atoms with Gasteiger partial charge in [0, 0.05) is 6.42 Å². The van der Waals surface area contributed by atoms with Gasteiger partial charge in [-0.1, -0.05) is 6.07 Å². The second kappa shape index (κ2) is 6.27. The molecule has 0 radical (unpaired) electrons. The first-order chi connectivity index (χ1) is 8.04. The lowest BCUT2D eigenvalue weighted by Gasteiger charge is -2.13. The van der Waals surface area contributed by atoms with E-state index in [1.54, 1.807) is 0 Å². The highest BCUT2D eigenvalue weighted by Crippen LogP contribution is 2.22. The molecule has 0 bridgehead atoms. The predicted molar refractivity (Wildman–Crippen MR) is 67.0 cm³/mol. The van der Waals surface area contributed by atoms with E-state index in [9.17, 15) is 5.11 Å². The van der Waals surface area contributed by atoms with Crippen molar-refractivity contribution in [3.63, 3.8) is 0 Å². The summed E-state index contributed by atoms with van der Waals surface area (Å²) in [7, 11) is 0. The van der Waals surface area contributed by atoms with Gasteiger partial charge in [-0.2, -0.15) is 5.26 Å². The summed E-state index contributed by atoms with van der Waals surface area (Å²) in [6.45, 7) is 6.56. The molecule has 1 unspecified atom stereocenters. The Bertz CT molecular complexity index is 421. The normalized spacial score (nSPS) is 11.9. The van der Waals surface area contributed by atoms with Gasteiger partial charge >= 0.3 is 0 Å². The molecule has 0 saturated heterocycles. The second-order valence-electron chi connectivity index (χ2n) is 4.36. The zero-order chi connectivity index (χ0) is 12.8. The van der Waals surface area contributed by atoms with Crippen LogP contribution in [0.25, 0.3) is 0 Å². The number of nitrogens with zero attached hydrogens (tertiary/aromatic N) is 1. The first-order valence-corrected chi connectivity index (χ1v) is 5.80. The van der Waals surface area contributed by atoms with E-state index in [0.717, 1.165) is 11.3 Å². The Balaban J connectivity index is 2.53. The zero-order valence-corrected chi connectivity index (χ0v) is 10.7. The summed E-state index contributed by atoms with van der Waals surface area (Å²) < 4.78 is 5.62. The van der Waals surface area contributed by atoms with Crippen molar-refractivity contribution in [1.29, 1.82) is 5.26 Å². The van der Waals surface area contributed by atoms with E-state index in [0.29, 0.717) is 13.0 Å². The van der Waals surface area contributed by atoms with E-state index in [1.165, 1.54) is 11.1 Å². The molecule has 0 fully saturated rings. The molecule has 17 heavy (non-hydrogen) atoms. The van der Waals surface area contributed by atoms with Gasteiger partial charge in [0.05, 0.1) is 25.2 Å². The van der Waals surface area contributed by atoms with E-state index < -0.39 is 6.10 Å². The molecule has 0 aliphatic rings. The summed E-state index contributed by atoms with van der Waals surface area (Å²) in [4.78, 5) is 0. The number of hydrogen-bond acceptors (Lipinski definition) is 3. The van der Waals surface area contributed by atoms with E-state index in [-0.39, 0.29) is 6.42 Å². The fraction of sp³-hybridized carbons (Fsp3) is 0.500. The van der Waals surface area contributed by atoms with Gasteiger partial charge in [0.2, 0.25) is 0 Å². The van der Waals surface area contributed by atoms with Gasteiger partial charge < -0.3 is 9.84 Å². The Hall–Kier alpha value is -1.53. The van der Waals surface area contributed by atoms with Crippen molar-refractivity contribution in [2.24, 2.45) is 0 Å². The molecule has 0 aliphatic carbocycles. The summed E-state index contributed by atoms with van der Waals surface area (Å²) in [5.41, 5.74) is 3.55. The third kappa shape index (κ3) is 4.08. The van der Waals surface area contributed by atoms with Gasteiger partial charge in [-0.25, -0.2) is 0 Å². The molecular formula is C14H19NO2. The monoisotopic (exact) mass is 233 g/mol. The van der Waals surface area contributed by atoms with Crippen molar-refractivity contribution in [2.75, 3.05) is 6.61 Å². The summed E-state index contributed by atoms with van der Waals surface area (Å²) in [6.07, 6.45) is 0.0571. The Kier molecular flexibility index (Phi) is 4.99. The minimum Gasteiger partial charge on any atom is -0.493 e. The molecule has 3 heteroatoms. The third-order valence-electron chi connectivity index (χ3n) is 2.83. The van der Waals surface area contributed by atoms with Crippen molar-refractivity contribution in [3.05, 3.63) is 28.8 Å². The quantitative estimate of drug-likeness (QED) is 0.850. The summed E-state index contributed by atoms with van der Waals surface area (Å²) in [5.74, 6) is 0.859. The molecule has 1 N–H and O–H groups in total. The van der Waals surface area contributed by atoms with Crippen LogP contribution in [0.2, 0.25) is 0 Å². The van der Waals surface area contributed by atoms with Gasteiger partial charge in [-0.3, -0.25) is 0 Å². The first kappa shape index (κ1) is 13.5. The van der Waals surface area contributed by atoms with Gasteiger partial charge in [0.15, 0.2) is 0 Å². The first-order valence-electron chi connectivity index (χ1n) is 5.80. The number of aryl methyl sites for hydroxylation is 3. The third-order valence-corrected chi connectivity index (χ3v) is 2.83. The number of benzene rings is 1. The van der Waals surface area contributed by atoms with Crippen molar-refractivity contribution < 1.29 is 9.84 Å². The van der Waals surface area contributed by atoms with E-state index in [4.69, 9.17) is 10.00 Å². The molecule has 0 heterocycles. The molecule has 1 aromatic carbocycles. The van der Waals surface area contributed by atoms with Crippen LogP contribution in [0.5, 0.6) is 5.75 Å². The minimum absolute atomic E-state index is 0.162. The highest BCUT2D eigenvalue weighted by atomic mass is 16.5. The highest BCUT2D eigenvalue weighted by molar-refractivity contribution is 5.40. The smallest absolute Gasteiger partial charge is 0.122 e. The number of hydrogen-bond donors (Lipinski definition) is 1. The molecule has 0 amide bonds. The maximum atomic E-state index is 9.39. The topological polar surface area (TPSA) is 53.2 Å². The number of rotatable bonds is 5. The van der Waals surface area contributed by atoms with Crippen LogP contribution in [0.1, 0.15) is 29.5 Å². The molecule has 1 rings (SSSR count). The van der Waals surface area contributed by atoms with E-state index in [2.05, 4.69) is 13.0 Å². The number of nitriles is 1. The van der Waals surface area contributed by atoms with Crippen LogP contribution in [-0.2, 0) is 0 Å². The minimum atomic E-state index is -0.591. The van der Waals surface area contributed by atoms with Crippen LogP contribution in [0.4, 0.5) is 0 Å². The van der Waals surface area contributed by atoms with Gasteiger partial charge in [-0.05, 0) is 43.5 Å². The average molecular weight is 233 g/mol. The van der Waals surface area contributed by atoms with E-state index in [1.807, 2.05) is 26.0 Å². The highest BCUT2D eigenvalue weighted by Gasteiger charge is 2.06. The standard InChI is InChI=1S/C14H19NO2/c1-10-8-12(3)14(9-11(10)2)17-7-5-13(16)4-6-15/h8-9,13,16H,4-5,7H2,1-3H3. The Morgan fingerprint density at radius 2 is 1.88 bits per heavy atom. The van der Waals surface area contributed by atoms with E-state index >= 15 is 0 Å². The Labute approximate surface area is 103 Å². The van der Waals surface area contributed by atoms with Crippen LogP contribution in [0.3, 0.4) is 0 Å². The Morgan fingerprint density at radius 1 is 1.24 bits per heavy atom. The molecule has 0 aliphatic heterocycles. The van der Waals surface area contributed by atoms with Crippen molar-refractivity contribution in [2.45, 2.75) is 39.7 Å². The zero-order valence-electron chi connectivity index (χ0n) is 10.7. The maximum absolute atomic E-state index is 9.39. The Morgan fingerprint density at radius 3 is 2.53 bits per heavy atom. The van der Waals surface area contributed by atoms with Gasteiger partial charge in [-0.15, -0.1) is 0 Å². The molecule has 1 aromatic rings. The lowest BCUT2D eigenvalue weighted by Crippen LogP contribution is -2.11. The molecule has 3 nitrogen and oxygen atoms in total. The summed E-state index contributed by atoms with van der Waals surface area (Å²) in [6, 6.07) is 6.05. The molecule has 0 saturated carbocycles. The molecular weight excluding hydrogens is 214 g/mol. The molecule has 0 spiro atoms. The molecule has 92 valence electrons. The number of ether oxygens (including phenoxy) is 1. The molecule has 1 atom stereocenters.